The van der Waals surface area contributed by atoms with Gasteiger partial charge in [-0.05, 0) is 43.3 Å². The first-order valence-corrected chi connectivity index (χ1v) is 3.73. The fraction of sp³-hybridized carbons (Fsp3) is 0.111. The van der Waals surface area contributed by atoms with Crippen LogP contribution in [-0.2, 0) is 6.42 Å². The first kappa shape index (κ1) is 8.12. The van der Waals surface area contributed by atoms with Crippen molar-refractivity contribution in [2.75, 3.05) is 0 Å². The van der Waals surface area contributed by atoms with Crippen LogP contribution in [0.15, 0.2) is 29.3 Å². The lowest BCUT2D eigenvalue weighted by molar-refractivity contribution is 1.27. The van der Waals surface area contributed by atoms with Crippen LogP contribution in [0.3, 0.4) is 0 Å². The van der Waals surface area contributed by atoms with Crippen molar-refractivity contribution in [2.24, 2.45) is 4.99 Å². The van der Waals surface area contributed by atoms with Gasteiger partial charge in [0.2, 0.25) is 0 Å². The van der Waals surface area contributed by atoms with Crippen LogP contribution in [0.5, 0.6) is 0 Å². The molecule has 0 aliphatic rings. The maximum Gasteiger partial charge on any atom is 0.0739 e. The van der Waals surface area contributed by atoms with E-state index in [-0.39, 0.29) is 0 Å². The van der Waals surface area contributed by atoms with Crippen molar-refractivity contribution in [3.05, 3.63) is 36.8 Å². The highest BCUT2D eigenvalue weighted by molar-refractivity contribution is 7.78. The molecule has 11 heavy (non-hydrogen) atoms. The van der Waals surface area contributed by atoms with Crippen molar-refractivity contribution in [1.82, 2.24) is 0 Å². The summed E-state index contributed by atoms with van der Waals surface area (Å²) in [4.78, 5) is 3.83. The lowest BCUT2D eigenvalue weighted by Crippen LogP contribution is -1.76. The van der Waals surface area contributed by atoms with Gasteiger partial charge in [0.25, 0.3) is 0 Å². The standard InChI is InChI=1S/C9H8NS/c1-2-8-3-5-9(6-4-8)10-7-11/h3-6H,1-2H2. The molecule has 0 bridgehead atoms. The van der Waals surface area contributed by atoms with E-state index in [1.807, 2.05) is 24.3 Å². The van der Waals surface area contributed by atoms with Gasteiger partial charge in [-0.25, -0.2) is 0 Å². The number of aliphatic imine (C=N–C) groups is 1. The zero-order valence-corrected chi connectivity index (χ0v) is 6.90. The highest BCUT2D eigenvalue weighted by Crippen LogP contribution is 2.11. The van der Waals surface area contributed by atoms with Gasteiger partial charge in [-0.15, -0.1) is 0 Å². The first-order chi connectivity index (χ1) is 5.36. The zero-order valence-electron chi connectivity index (χ0n) is 6.08. The van der Waals surface area contributed by atoms with Gasteiger partial charge < -0.3 is 0 Å². The molecule has 0 saturated heterocycles. The van der Waals surface area contributed by atoms with Crippen molar-refractivity contribution in [3.8, 4) is 0 Å². The molecule has 0 heterocycles. The fourth-order valence-corrected chi connectivity index (χ4v) is 0.895. The van der Waals surface area contributed by atoms with Crippen molar-refractivity contribution in [2.45, 2.75) is 6.42 Å². The monoisotopic (exact) mass is 162 g/mol. The molecule has 2 heteroatoms. The van der Waals surface area contributed by atoms with E-state index < -0.39 is 0 Å². The summed E-state index contributed by atoms with van der Waals surface area (Å²) in [6, 6.07) is 7.77. The molecule has 1 nitrogen and oxygen atoms in total. The largest absolute Gasteiger partial charge is 0.195 e. The molecular weight excluding hydrogens is 154 g/mol. The summed E-state index contributed by atoms with van der Waals surface area (Å²) in [7, 11) is 0. The molecule has 1 rings (SSSR count). The van der Waals surface area contributed by atoms with E-state index in [0.717, 1.165) is 12.1 Å². The van der Waals surface area contributed by atoms with E-state index in [2.05, 4.69) is 29.3 Å². The Morgan fingerprint density at radius 2 is 2.00 bits per heavy atom. The van der Waals surface area contributed by atoms with Crippen LogP contribution in [0.25, 0.3) is 0 Å². The Labute approximate surface area is 71.8 Å². The number of benzene rings is 1. The van der Waals surface area contributed by atoms with E-state index in [9.17, 15) is 0 Å². The molecule has 0 aromatic heterocycles. The smallest absolute Gasteiger partial charge is 0.0739 e. The summed E-state index contributed by atoms with van der Waals surface area (Å²) in [6.07, 6.45) is 0.807. The third-order valence-corrected chi connectivity index (χ3v) is 1.49. The molecule has 0 atom stereocenters. The zero-order chi connectivity index (χ0) is 8.10. The lowest BCUT2D eigenvalue weighted by atomic mass is 10.2. The topological polar surface area (TPSA) is 12.4 Å². The van der Waals surface area contributed by atoms with Gasteiger partial charge in [-0.2, -0.15) is 4.99 Å². The van der Waals surface area contributed by atoms with E-state index >= 15 is 0 Å². The van der Waals surface area contributed by atoms with E-state index in [1.165, 1.54) is 5.56 Å². The minimum Gasteiger partial charge on any atom is -0.195 e. The van der Waals surface area contributed by atoms with Crippen molar-refractivity contribution in [3.63, 3.8) is 0 Å². The van der Waals surface area contributed by atoms with Gasteiger partial charge in [-0.3, -0.25) is 0 Å². The molecule has 0 N–H and O–H groups in total. The Bertz CT molecular complexity index is 270. The summed E-state index contributed by atoms with van der Waals surface area (Å²) >= 11 is 4.47. The minimum absolute atomic E-state index is 0.807. The van der Waals surface area contributed by atoms with E-state index in [0.29, 0.717) is 0 Å². The van der Waals surface area contributed by atoms with Crippen molar-refractivity contribution < 1.29 is 0 Å². The number of hydrogen-bond acceptors (Lipinski definition) is 2. The molecule has 0 aliphatic carbocycles. The number of rotatable bonds is 2. The highest BCUT2D eigenvalue weighted by atomic mass is 32.1. The second kappa shape index (κ2) is 4.02. The minimum atomic E-state index is 0.807. The summed E-state index contributed by atoms with van der Waals surface area (Å²) in [6.45, 7) is 3.76. The molecule has 0 aliphatic heterocycles. The molecule has 0 spiro atoms. The van der Waals surface area contributed by atoms with Crippen LogP contribution in [0.4, 0.5) is 5.69 Å². The third-order valence-electron chi connectivity index (χ3n) is 1.40. The van der Waals surface area contributed by atoms with Crippen LogP contribution in [0, 0.1) is 6.92 Å². The highest BCUT2D eigenvalue weighted by Gasteiger charge is 1.88. The molecule has 0 saturated carbocycles. The molecule has 1 aromatic carbocycles. The van der Waals surface area contributed by atoms with Gasteiger partial charge in [0.1, 0.15) is 0 Å². The number of thiocarbonyl (C=S) groups is 1. The van der Waals surface area contributed by atoms with Crippen LogP contribution in [0.2, 0.25) is 0 Å². The maximum absolute atomic E-state index is 4.47. The number of isothiocyanates is 1. The molecule has 1 aromatic rings. The average Bonchev–Trinajstić information content (AvgIpc) is 2.07. The van der Waals surface area contributed by atoms with Crippen molar-refractivity contribution >= 4 is 23.1 Å². The Balaban J connectivity index is 2.91. The van der Waals surface area contributed by atoms with Gasteiger partial charge in [-0.1, -0.05) is 12.1 Å². The SMILES string of the molecule is [CH2]Cc1ccc(N=C=S)cc1. The van der Waals surface area contributed by atoms with Gasteiger partial charge in [0, 0.05) is 0 Å². The van der Waals surface area contributed by atoms with Crippen LogP contribution in [-0.4, -0.2) is 5.16 Å². The van der Waals surface area contributed by atoms with Gasteiger partial charge in [0.05, 0.1) is 10.8 Å². The Morgan fingerprint density at radius 3 is 2.45 bits per heavy atom. The second-order valence-corrected chi connectivity index (χ2v) is 2.30. The van der Waals surface area contributed by atoms with Crippen LogP contribution >= 0.6 is 12.2 Å². The summed E-state index contributed by atoms with van der Waals surface area (Å²) in [5, 5.41) is 2.31. The second-order valence-electron chi connectivity index (χ2n) is 2.12. The Hall–Kier alpha value is -0.980. The normalized spacial score (nSPS) is 8.82. The summed E-state index contributed by atoms with van der Waals surface area (Å²) in [5.74, 6) is 0. The summed E-state index contributed by atoms with van der Waals surface area (Å²) < 4.78 is 0. The number of hydrogen-bond donors (Lipinski definition) is 0. The van der Waals surface area contributed by atoms with Crippen LogP contribution < -0.4 is 0 Å². The average molecular weight is 162 g/mol. The predicted octanol–water partition coefficient (Wildman–Crippen LogP) is 2.80. The molecule has 0 amide bonds. The fourth-order valence-electron chi connectivity index (χ4n) is 0.790. The van der Waals surface area contributed by atoms with Crippen LogP contribution in [0.1, 0.15) is 5.56 Å². The summed E-state index contributed by atoms with van der Waals surface area (Å²) in [5.41, 5.74) is 2.05. The molecule has 0 unspecified atom stereocenters. The first-order valence-electron chi connectivity index (χ1n) is 3.33. The van der Waals surface area contributed by atoms with Crippen molar-refractivity contribution in [1.29, 1.82) is 0 Å². The molecular formula is C9H8NS. The predicted molar refractivity (Wildman–Crippen MR) is 50.2 cm³/mol. The van der Waals surface area contributed by atoms with E-state index in [1.54, 1.807) is 0 Å². The Kier molecular flexibility index (Phi) is 2.96. The van der Waals surface area contributed by atoms with Gasteiger partial charge >= 0.3 is 0 Å². The Morgan fingerprint density at radius 1 is 1.36 bits per heavy atom. The van der Waals surface area contributed by atoms with E-state index in [4.69, 9.17) is 0 Å². The number of nitrogens with zero attached hydrogens (tertiary/aromatic N) is 1. The molecule has 0 fully saturated rings. The third kappa shape index (κ3) is 2.26. The maximum atomic E-state index is 4.47. The molecule has 55 valence electrons. The van der Waals surface area contributed by atoms with Gasteiger partial charge in [0.15, 0.2) is 0 Å². The molecule has 1 radical (unpaired) electrons. The lowest BCUT2D eigenvalue weighted by Gasteiger charge is -1.94. The quantitative estimate of drug-likeness (QED) is 0.481.